The van der Waals surface area contributed by atoms with E-state index in [2.05, 4.69) is 73.6 Å². The summed E-state index contributed by atoms with van der Waals surface area (Å²) < 4.78 is 59.6. The second-order valence-corrected chi connectivity index (χ2v) is 35.1. The van der Waals surface area contributed by atoms with Crippen molar-refractivity contribution in [2.75, 3.05) is 19.8 Å². The number of fused-ring (bicyclic) bond motifs is 12. The summed E-state index contributed by atoms with van der Waals surface area (Å²) in [4.78, 5) is 27.6. The molecular formula is C76H114O27. The third-order valence-corrected chi connectivity index (χ3v) is 28.6. The molecule has 6 saturated carbocycles. The van der Waals surface area contributed by atoms with E-state index in [1.807, 2.05) is 6.07 Å². The third-order valence-electron chi connectivity index (χ3n) is 28.6. The molecule has 11 fully saturated rings. The SMILES string of the molecule is CC12CCC3C(=CCc4cc(O)ccc43)C1CCC2=O.CC1OC(OC2CCC3(C)C(CCC4(C)C3CC=C3C5CC(C)(C)CCC5(C(=O)OC5OCC(O)C(O)C5OC5OC(C)C(OC6OC(CO)C(O)C(O)C6O)C(O)C5O)C(O)CC34C)C2(C)C)C(O)C(O)C1OC1OCC(O)C(O)C1O. The van der Waals surface area contributed by atoms with Crippen LogP contribution < -0.4 is 0 Å². The summed E-state index contributed by atoms with van der Waals surface area (Å²) in [6.07, 6.45) is -22.1. The molecule has 1 aromatic carbocycles. The average molecular weight is 1460 g/mol. The van der Waals surface area contributed by atoms with Crippen LogP contribution in [0.3, 0.4) is 0 Å². The van der Waals surface area contributed by atoms with Crippen molar-refractivity contribution in [3.05, 3.63) is 52.6 Å². The molecule has 0 bridgehead atoms. The van der Waals surface area contributed by atoms with Crippen LogP contribution in [0, 0.1) is 61.6 Å². The van der Waals surface area contributed by atoms with Gasteiger partial charge in [0.25, 0.3) is 0 Å². The summed E-state index contributed by atoms with van der Waals surface area (Å²) >= 11 is 0. The molecular weight excluding hydrogens is 1340 g/mol. The van der Waals surface area contributed by atoms with Gasteiger partial charge in [0.1, 0.15) is 109 Å². The number of carbonyl (C=O) groups excluding carboxylic acids is 2. The highest BCUT2D eigenvalue weighted by atomic mass is 16.8. The lowest BCUT2D eigenvalue weighted by Gasteiger charge is -2.71. The van der Waals surface area contributed by atoms with Crippen molar-refractivity contribution in [3.63, 3.8) is 0 Å². The van der Waals surface area contributed by atoms with Gasteiger partial charge in [-0.25, -0.2) is 0 Å². The lowest BCUT2D eigenvalue weighted by Crippen LogP contribution is -2.68. The van der Waals surface area contributed by atoms with Crippen LogP contribution in [0.5, 0.6) is 5.75 Å². The van der Waals surface area contributed by atoms with E-state index in [1.54, 1.807) is 13.0 Å². The minimum atomic E-state index is -1.93. The van der Waals surface area contributed by atoms with Gasteiger partial charge in [-0.3, -0.25) is 9.59 Å². The molecule has 35 atom stereocenters. The Hall–Kier alpha value is -3.28. The monoisotopic (exact) mass is 1460 g/mol. The van der Waals surface area contributed by atoms with Gasteiger partial charge in [-0.05, 0) is 171 Å². The Balaban J connectivity index is 0.000000401. The molecule has 0 spiro atoms. The molecule has 27 nitrogen and oxygen atoms in total. The fourth-order valence-electron chi connectivity index (χ4n) is 22.2. The van der Waals surface area contributed by atoms with Crippen molar-refractivity contribution in [2.45, 2.75) is 319 Å². The third kappa shape index (κ3) is 13.0. The van der Waals surface area contributed by atoms with Crippen LogP contribution in [0.25, 0.3) is 0 Å². The van der Waals surface area contributed by atoms with Gasteiger partial charge in [0.05, 0.1) is 44.2 Å². The van der Waals surface area contributed by atoms with Crippen molar-refractivity contribution in [1.29, 1.82) is 0 Å². The molecule has 14 rings (SSSR count). The summed E-state index contributed by atoms with van der Waals surface area (Å²) in [6, 6.07) is 5.79. The maximum absolute atomic E-state index is 15.4. The van der Waals surface area contributed by atoms with E-state index in [9.17, 15) is 81.4 Å². The number of ketones is 1. The van der Waals surface area contributed by atoms with E-state index < -0.39 is 195 Å². The molecule has 35 unspecified atom stereocenters. The largest absolute Gasteiger partial charge is 0.508 e. The highest BCUT2D eigenvalue weighted by Gasteiger charge is 2.72. The van der Waals surface area contributed by atoms with Crippen molar-refractivity contribution in [2.24, 2.45) is 61.6 Å². The molecule has 580 valence electrons. The van der Waals surface area contributed by atoms with Crippen LogP contribution in [0.15, 0.2) is 41.5 Å². The molecule has 8 aliphatic carbocycles. The highest BCUT2D eigenvalue weighted by Crippen LogP contribution is 2.76. The van der Waals surface area contributed by atoms with Crippen molar-refractivity contribution < 1.29 is 134 Å². The Bertz CT molecular complexity index is 3310. The number of aliphatic hydroxyl groups excluding tert-OH is 14. The minimum absolute atomic E-state index is 0.100. The zero-order valence-electron chi connectivity index (χ0n) is 60.8. The maximum Gasteiger partial charge on any atom is 0.317 e. The van der Waals surface area contributed by atoms with E-state index in [-0.39, 0.29) is 52.9 Å². The summed E-state index contributed by atoms with van der Waals surface area (Å²) in [5, 5.41) is 162. The van der Waals surface area contributed by atoms with E-state index in [1.165, 1.54) is 23.6 Å². The standard InChI is InChI=1S/C58H94O25.C18H20O2/c1-23-44(80-47-40(69)34(63)27(60)21-74-47)38(67)42(71)48(76-23)79-33-13-14-55(7)30(54(33,5)6)12-15-56(8)31(55)11-10-25-26-18-53(3,4)16-17-58(26,32(62)19-57(25,56)9)52(73)83-51-46(35(64)28(61)22-75-51)82-49-43(72)39(68)45(24(2)77-49)81-50-41(70)37(66)36(65)29(20-59)78-50;1-18-9-8-14-13-5-3-12(19)10-11(13)2-4-15(14)16(18)6-7-17(18)20/h10,23-24,26-51,59-72H,11-22H2,1-9H3;3-5,10,14,16,19H,2,6-9H2,1H3. The molecule has 27 heteroatoms. The van der Waals surface area contributed by atoms with Gasteiger partial charge in [-0.1, -0.05) is 84.8 Å². The van der Waals surface area contributed by atoms with E-state index in [0.717, 1.165) is 56.9 Å². The molecule has 15 N–H and O–H groups in total. The lowest BCUT2D eigenvalue weighted by molar-refractivity contribution is -0.374. The number of carbonyl (C=O) groups is 2. The Morgan fingerprint density at radius 1 is 0.573 bits per heavy atom. The van der Waals surface area contributed by atoms with Crippen LogP contribution in [0.4, 0.5) is 0 Å². The van der Waals surface area contributed by atoms with Gasteiger partial charge in [0, 0.05) is 17.8 Å². The minimum Gasteiger partial charge on any atom is -0.508 e. The molecule has 13 aliphatic rings. The first kappa shape index (κ1) is 77.9. The number of hydrogen-bond donors (Lipinski definition) is 15. The summed E-state index contributed by atoms with van der Waals surface area (Å²) in [5.74, 6) is 0.757. The topological polar surface area (TPSA) is 430 Å². The molecule has 1 aromatic rings. The van der Waals surface area contributed by atoms with Gasteiger partial charge in [0.2, 0.25) is 6.29 Å². The smallest absolute Gasteiger partial charge is 0.317 e. The second kappa shape index (κ2) is 28.5. The first-order chi connectivity index (χ1) is 48.4. The van der Waals surface area contributed by atoms with Crippen LogP contribution in [0.1, 0.15) is 170 Å². The summed E-state index contributed by atoms with van der Waals surface area (Å²) in [6.45, 7) is 19.4. The Morgan fingerprint density at radius 3 is 1.84 bits per heavy atom. The van der Waals surface area contributed by atoms with Gasteiger partial charge in [-0.15, -0.1) is 0 Å². The number of hydrogen-bond acceptors (Lipinski definition) is 27. The molecule has 0 aromatic heterocycles. The van der Waals surface area contributed by atoms with E-state index in [4.69, 9.17) is 47.4 Å². The van der Waals surface area contributed by atoms with Gasteiger partial charge < -0.3 is 124 Å². The number of aromatic hydroxyl groups is 1. The molecule has 5 saturated heterocycles. The number of Topliss-reactive ketones (excluding diaryl/α,β-unsaturated/α-hetero) is 1. The predicted molar refractivity (Wildman–Crippen MR) is 360 cm³/mol. The Labute approximate surface area is 601 Å². The lowest BCUT2D eigenvalue weighted by atomic mass is 9.33. The number of aliphatic hydroxyl groups is 14. The van der Waals surface area contributed by atoms with Crippen molar-refractivity contribution in [3.8, 4) is 5.75 Å². The number of benzene rings is 1. The maximum atomic E-state index is 15.4. The molecule has 103 heavy (non-hydrogen) atoms. The highest BCUT2D eigenvalue weighted by molar-refractivity contribution is 5.88. The molecule has 0 amide bonds. The first-order valence-electron chi connectivity index (χ1n) is 37.6. The number of phenols is 1. The zero-order valence-corrected chi connectivity index (χ0v) is 60.8. The quantitative estimate of drug-likeness (QED) is 0.0853. The van der Waals surface area contributed by atoms with Crippen molar-refractivity contribution in [1.82, 2.24) is 0 Å². The number of esters is 1. The van der Waals surface area contributed by atoms with Crippen LogP contribution >= 0.6 is 0 Å². The van der Waals surface area contributed by atoms with E-state index in [0.29, 0.717) is 49.1 Å². The number of phenolic OH excluding ortho intramolecular Hbond substituents is 1. The number of ether oxygens (including phenoxy) is 10. The van der Waals surface area contributed by atoms with Crippen LogP contribution in [-0.2, 0) is 63.4 Å². The van der Waals surface area contributed by atoms with E-state index >= 15 is 4.79 Å². The zero-order chi connectivity index (χ0) is 74.5. The number of allylic oxidation sites excluding steroid dienone is 4. The van der Waals surface area contributed by atoms with Crippen LogP contribution in [0.2, 0.25) is 0 Å². The molecule has 5 heterocycles. The fraction of sp³-hybridized carbons (Fsp3) is 0.842. The summed E-state index contributed by atoms with van der Waals surface area (Å²) in [5.41, 5.74) is 1.76. The van der Waals surface area contributed by atoms with Gasteiger partial charge >= 0.3 is 5.97 Å². The normalized spacial score (nSPS) is 51.2. The van der Waals surface area contributed by atoms with Crippen molar-refractivity contribution >= 4 is 11.8 Å². The molecule has 0 radical (unpaired) electrons. The average Bonchev–Trinajstić information content (AvgIpc) is 1.05. The number of rotatable bonds is 11. The summed E-state index contributed by atoms with van der Waals surface area (Å²) in [7, 11) is 0. The molecule has 5 aliphatic heterocycles. The fourth-order valence-corrected chi connectivity index (χ4v) is 22.2. The van der Waals surface area contributed by atoms with Gasteiger partial charge in [-0.2, -0.15) is 0 Å². The van der Waals surface area contributed by atoms with Crippen LogP contribution in [-0.4, -0.2) is 262 Å². The predicted octanol–water partition coefficient (Wildman–Crippen LogP) is 1.83. The Morgan fingerprint density at radius 2 is 1.17 bits per heavy atom. The Kier molecular flexibility index (Phi) is 21.6. The van der Waals surface area contributed by atoms with Gasteiger partial charge in [0.15, 0.2) is 31.3 Å². The first-order valence-corrected chi connectivity index (χ1v) is 37.6. The second-order valence-electron chi connectivity index (χ2n) is 35.1.